The number of rotatable bonds is 3. The van der Waals surface area contributed by atoms with Gasteiger partial charge in [-0.2, -0.15) is 5.10 Å². The van der Waals surface area contributed by atoms with E-state index >= 15 is 0 Å². The molecule has 1 aromatic carbocycles. The summed E-state index contributed by atoms with van der Waals surface area (Å²) in [5.41, 5.74) is 4.97. The van der Waals surface area contributed by atoms with E-state index in [0.717, 1.165) is 17.7 Å². The predicted octanol–water partition coefficient (Wildman–Crippen LogP) is 5.50. The van der Waals surface area contributed by atoms with Gasteiger partial charge in [0, 0.05) is 18.3 Å². The van der Waals surface area contributed by atoms with E-state index in [1.807, 2.05) is 17.8 Å². The van der Waals surface area contributed by atoms with Gasteiger partial charge in [-0.3, -0.25) is 0 Å². The first kappa shape index (κ1) is 17.3. The van der Waals surface area contributed by atoms with E-state index in [4.69, 9.17) is 11.6 Å². The summed E-state index contributed by atoms with van der Waals surface area (Å²) >= 11 is 7.85. The largest absolute Gasteiger partial charge is 0.360 e. The minimum Gasteiger partial charge on any atom is -0.360 e. The molecule has 1 atom stereocenters. The molecule has 0 fully saturated rings. The van der Waals surface area contributed by atoms with Crippen molar-refractivity contribution in [3.63, 3.8) is 0 Å². The molecule has 0 aliphatic carbocycles. The summed E-state index contributed by atoms with van der Waals surface area (Å²) in [6, 6.07) is 8.38. The molecular weight excluding hydrogens is 338 g/mol. The fourth-order valence-electron chi connectivity index (χ4n) is 2.93. The number of aromatic nitrogens is 2. The third-order valence-corrected chi connectivity index (χ3v) is 5.85. The van der Waals surface area contributed by atoms with Crippen LogP contribution in [0.4, 0.5) is 0 Å². The Morgan fingerprint density at radius 1 is 1.21 bits per heavy atom. The van der Waals surface area contributed by atoms with E-state index in [-0.39, 0.29) is 5.41 Å². The minimum atomic E-state index is 0.238. The number of thioether (sulfide) groups is 1. The molecule has 0 N–H and O–H groups in total. The van der Waals surface area contributed by atoms with Crippen LogP contribution in [0.3, 0.4) is 0 Å². The number of halogens is 1. The van der Waals surface area contributed by atoms with Gasteiger partial charge >= 0.3 is 0 Å². The number of aryl methyl sites for hydroxylation is 1. The molecule has 3 nitrogen and oxygen atoms in total. The first-order valence-electron chi connectivity index (χ1n) is 8.00. The van der Waals surface area contributed by atoms with Gasteiger partial charge in [0.25, 0.3) is 0 Å². The average molecular weight is 360 g/mol. The Morgan fingerprint density at radius 3 is 2.67 bits per heavy atom. The van der Waals surface area contributed by atoms with Crippen LogP contribution in [0.25, 0.3) is 11.1 Å². The number of hydrogen-bond donors (Lipinski definition) is 0. The first-order chi connectivity index (χ1) is 11.3. The average Bonchev–Trinajstić information content (AvgIpc) is 2.98. The Hall–Kier alpha value is -1.52. The van der Waals surface area contributed by atoms with Crippen molar-refractivity contribution in [3.8, 4) is 11.1 Å². The molecule has 0 radical (unpaired) electrons. The second-order valence-electron chi connectivity index (χ2n) is 7.22. The first-order valence-corrected chi connectivity index (χ1v) is 9.33. The highest BCUT2D eigenvalue weighted by Crippen LogP contribution is 2.39. The quantitative estimate of drug-likeness (QED) is 0.723. The molecule has 0 amide bonds. The fourth-order valence-corrected chi connectivity index (χ4v) is 4.18. The summed E-state index contributed by atoms with van der Waals surface area (Å²) in [4.78, 5) is 2.43. The summed E-state index contributed by atoms with van der Waals surface area (Å²) in [5.74, 6) is 0. The standard InChI is InChI=1S/C19H22ClN3S/c1-13-9-14(16-10-17(20)22-21-11-16)5-6-15(13)12-23-7-8-24-18(23)19(2,3)4/h5-11,18H,12H2,1-4H3. The van der Waals surface area contributed by atoms with Gasteiger partial charge in [0.1, 0.15) is 0 Å². The lowest BCUT2D eigenvalue weighted by molar-refractivity contribution is 0.220. The van der Waals surface area contributed by atoms with Crippen LogP contribution in [0.2, 0.25) is 5.15 Å². The molecule has 1 aliphatic heterocycles. The van der Waals surface area contributed by atoms with E-state index in [2.05, 4.69) is 72.6 Å². The molecule has 1 aromatic heterocycles. The van der Waals surface area contributed by atoms with Crippen molar-refractivity contribution in [1.29, 1.82) is 0 Å². The van der Waals surface area contributed by atoms with Crippen LogP contribution in [-0.4, -0.2) is 20.5 Å². The molecule has 0 saturated carbocycles. The number of benzene rings is 1. The SMILES string of the molecule is Cc1cc(-c2cnnc(Cl)c2)ccc1CN1C=CSC1C(C)(C)C. The van der Waals surface area contributed by atoms with Crippen molar-refractivity contribution in [2.24, 2.45) is 5.41 Å². The highest BCUT2D eigenvalue weighted by Gasteiger charge is 2.31. The third-order valence-electron chi connectivity index (χ3n) is 4.16. The van der Waals surface area contributed by atoms with Crippen molar-refractivity contribution < 1.29 is 0 Å². The topological polar surface area (TPSA) is 29.0 Å². The summed E-state index contributed by atoms with van der Waals surface area (Å²) in [5, 5.41) is 10.8. The lowest BCUT2D eigenvalue weighted by atomic mass is 9.95. The molecule has 126 valence electrons. The van der Waals surface area contributed by atoms with Crippen LogP contribution in [0.1, 0.15) is 31.9 Å². The lowest BCUT2D eigenvalue weighted by Gasteiger charge is -2.35. The van der Waals surface area contributed by atoms with Gasteiger partial charge in [-0.15, -0.1) is 16.9 Å². The Bertz CT molecular complexity index is 767. The molecular formula is C19H22ClN3S. The summed E-state index contributed by atoms with van der Waals surface area (Å²) in [6.07, 6.45) is 3.95. The molecule has 1 aliphatic rings. The van der Waals surface area contributed by atoms with Crippen LogP contribution < -0.4 is 0 Å². The normalized spacial score (nSPS) is 17.5. The highest BCUT2D eigenvalue weighted by molar-refractivity contribution is 8.02. The van der Waals surface area contributed by atoms with Gasteiger partial charge < -0.3 is 4.90 Å². The monoisotopic (exact) mass is 359 g/mol. The van der Waals surface area contributed by atoms with Crippen LogP contribution >= 0.6 is 23.4 Å². The maximum atomic E-state index is 5.95. The van der Waals surface area contributed by atoms with E-state index in [1.165, 1.54) is 11.1 Å². The second kappa shape index (κ2) is 6.77. The van der Waals surface area contributed by atoms with Gasteiger partial charge in [-0.25, -0.2) is 0 Å². The van der Waals surface area contributed by atoms with Crippen molar-refractivity contribution >= 4 is 23.4 Å². The Balaban J connectivity index is 1.82. The summed E-state index contributed by atoms with van der Waals surface area (Å²) < 4.78 is 0. The number of hydrogen-bond acceptors (Lipinski definition) is 4. The maximum Gasteiger partial charge on any atom is 0.152 e. The highest BCUT2D eigenvalue weighted by atomic mass is 35.5. The van der Waals surface area contributed by atoms with E-state index in [0.29, 0.717) is 10.5 Å². The maximum absolute atomic E-state index is 5.95. The van der Waals surface area contributed by atoms with E-state index < -0.39 is 0 Å². The molecule has 2 heterocycles. The molecule has 0 spiro atoms. The lowest BCUT2D eigenvalue weighted by Crippen LogP contribution is -2.35. The van der Waals surface area contributed by atoms with Crippen LogP contribution in [-0.2, 0) is 6.54 Å². The van der Waals surface area contributed by atoms with Gasteiger partial charge in [0.05, 0.1) is 11.6 Å². The van der Waals surface area contributed by atoms with Gasteiger partial charge in [0.15, 0.2) is 5.15 Å². The van der Waals surface area contributed by atoms with Crippen molar-refractivity contribution in [2.45, 2.75) is 39.6 Å². The molecule has 5 heteroatoms. The van der Waals surface area contributed by atoms with Gasteiger partial charge in [-0.1, -0.05) is 50.6 Å². The van der Waals surface area contributed by atoms with Crippen LogP contribution in [0, 0.1) is 12.3 Å². The molecule has 0 bridgehead atoms. The zero-order valence-electron chi connectivity index (χ0n) is 14.5. The van der Waals surface area contributed by atoms with Gasteiger partial charge in [-0.05, 0) is 40.5 Å². The summed E-state index contributed by atoms with van der Waals surface area (Å²) in [6.45, 7) is 9.96. The van der Waals surface area contributed by atoms with Crippen LogP contribution in [0.15, 0.2) is 42.1 Å². The Morgan fingerprint density at radius 2 is 2.00 bits per heavy atom. The third kappa shape index (κ3) is 3.76. The number of nitrogens with zero attached hydrogens (tertiary/aromatic N) is 3. The second-order valence-corrected chi connectivity index (χ2v) is 8.60. The molecule has 24 heavy (non-hydrogen) atoms. The van der Waals surface area contributed by atoms with E-state index in [9.17, 15) is 0 Å². The Kier molecular flexibility index (Phi) is 4.88. The molecule has 2 aromatic rings. The van der Waals surface area contributed by atoms with E-state index in [1.54, 1.807) is 6.20 Å². The van der Waals surface area contributed by atoms with Crippen molar-refractivity contribution in [1.82, 2.24) is 15.1 Å². The van der Waals surface area contributed by atoms with Gasteiger partial charge in [0.2, 0.25) is 0 Å². The minimum absolute atomic E-state index is 0.238. The predicted molar refractivity (Wildman–Crippen MR) is 103 cm³/mol. The molecule has 0 saturated heterocycles. The fraction of sp³-hybridized carbons (Fsp3) is 0.368. The zero-order valence-corrected chi connectivity index (χ0v) is 16.0. The van der Waals surface area contributed by atoms with Crippen molar-refractivity contribution in [3.05, 3.63) is 58.4 Å². The summed E-state index contributed by atoms with van der Waals surface area (Å²) in [7, 11) is 0. The van der Waals surface area contributed by atoms with Crippen molar-refractivity contribution in [2.75, 3.05) is 0 Å². The molecule has 1 unspecified atom stereocenters. The Labute approximate surface area is 153 Å². The zero-order chi connectivity index (χ0) is 17.3. The molecule has 3 rings (SSSR count). The van der Waals surface area contributed by atoms with Crippen LogP contribution in [0.5, 0.6) is 0 Å². The smallest absolute Gasteiger partial charge is 0.152 e.